The maximum absolute atomic E-state index is 13.5. The lowest BCUT2D eigenvalue weighted by atomic mass is 9.77. The van der Waals surface area contributed by atoms with Crippen LogP contribution in [0.25, 0.3) is 0 Å². The second kappa shape index (κ2) is 9.98. The summed E-state index contributed by atoms with van der Waals surface area (Å²) in [6, 6.07) is 9.10. The summed E-state index contributed by atoms with van der Waals surface area (Å²) in [5.41, 5.74) is 1.12. The van der Waals surface area contributed by atoms with E-state index in [9.17, 15) is 9.90 Å². The van der Waals surface area contributed by atoms with Crippen molar-refractivity contribution < 1.29 is 24.1 Å². The molecule has 0 spiro atoms. The Labute approximate surface area is 192 Å². The molecule has 0 aliphatic carbocycles. The molecule has 1 heterocycles. The Morgan fingerprint density at radius 2 is 1.68 bits per heavy atom. The summed E-state index contributed by atoms with van der Waals surface area (Å²) >= 11 is 12.2. The Morgan fingerprint density at radius 3 is 2.23 bits per heavy atom. The third-order valence-corrected chi connectivity index (χ3v) is 6.56. The van der Waals surface area contributed by atoms with E-state index >= 15 is 0 Å². The molecule has 168 valence electrons. The van der Waals surface area contributed by atoms with Crippen LogP contribution in [0.5, 0.6) is 17.2 Å². The summed E-state index contributed by atoms with van der Waals surface area (Å²) < 4.78 is 16.2. The lowest BCUT2D eigenvalue weighted by Gasteiger charge is -2.28. The smallest absolute Gasteiger partial charge is 0.229 e. The Bertz CT molecular complexity index is 927. The number of halogens is 2. The van der Waals surface area contributed by atoms with Crippen molar-refractivity contribution in [2.75, 3.05) is 34.5 Å². The molecule has 1 N–H and O–H groups in total. The molecule has 0 bridgehead atoms. The van der Waals surface area contributed by atoms with Gasteiger partial charge in [0.05, 0.1) is 36.8 Å². The van der Waals surface area contributed by atoms with Crippen LogP contribution in [0.1, 0.15) is 24.0 Å². The van der Waals surface area contributed by atoms with Crippen molar-refractivity contribution >= 4 is 29.1 Å². The standard InChI is InChI=1S/C23H27Cl2NO5/c1-29-19-11-16(12-20(30-2)21(19)31-3)14-26-8-6-23(7-9-27,22(26)28)13-15-4-5-17(24)18(25)10-15/h4-5,10-12,27H,6-9,13-14H2,1-3H3. The van der Waals surface area contributed by atoms with Gasteiger partial charge < -0.3 is 24.2 Å². The SMILES string of the molecule is COc1cc(CN2CCC(CCO)(Cc3ccc(Cl)c(Cl)c3)C2=O)cc(OC)c1OC. The number of aliphatic hydroxyl groups excluding tert-OH is 1. The van der Waals surface area contributed by atoms with Crippen LogP contribution in [0, 0.1) is 5.41 Å². The Morgan fingerprint density at radius 1 is 1.00 bits per heavy atom. The van der Waals surface area contributed by atoms with Crippen molar-refractivity contribution in [3.05, 3.63) is 51.5 Å². The molecule has 1 unspecified atom stereocenters. The molecular formula is C23H27Cl2NO5. The van der Waals surface area contributed by atoms with Crippen LogP contribution in [-0.2, 0) is 17.8 Å². The maximum atomic E-state index is 13.5. The molecule has 0 aromatic heterocycles. The van der Waals surface area contributed by atoms with Crippen LogP contribution in [0.4, 0.5) is 0 Å². The van der Waals surface area contributed by atoms with Gasteiger partial charge in [0.2, 0.25) is 11.7 Å². The summed E-state index contributed by atoms with van der Waals surface area (Å²) in [4.78, 5) is 15.3. The zero-order valence-electron chi connectivity index (χ0n) is 17.9. The molecule has 1 saturated heterocycles. The Kier molecular flexibility index (Phi) is 7.57. The average Bonchev–Trinajstić information content (AvgIpc) is 3.05. The van der Waals surface area contributed by atoms with E-state index in [-0.39, 0.29) is 12.5 Å². The summed E-state index contributed by atoms with van der Waals surface area (Å²) in [6.07, 6.45) is 1.53. The van der Waals surface area contributed by atoms with Crippen molar-refractivity contribution in [1.29, 1.82) is 0 Å². The minimum Gasteiger partial charge on any atom is -0.493 e. The van der Waals surface area contributed by atoms with Gasteiger partial charge in [-0.25, -0.2) is 0 Å². The second-order valence-electron chi connectivity index (χ2n) is 7.69. The molecule has 6 nitrogen and oxygen atoms in total. The number of carbonyl (C=O) groups is 1. The van der Waals surface area contributed by atoms with Gasteiger partial charge in [0.25, 0.3) is 0 Å². The molecule has 1 aliphatic rings. The van der Waals surface area contributed by atoms with Gasteiger partial charge in [-0.3, -0.25) is 4.79 Å². The lowest BCUT2D eigenvalue weighted by Crippen LogP contribution is -2.36. The van der Waals surface area contributed by atoms with E-state index < -0.39 is 5.41 Å². The first-order valence-corrected chi connectivity index (χ1v) is 10.8. The van der Waals surface area contributed by atoms with Gasteiger partial charge >= 0.3 is 0 Å². The van der Waals surface area contributed by atoms with E-state index in [2.05, 4.69) is 0 Å². The number of aliphatic hydroxyl groups is 1. The quantitative estimate of drug-likeness (QED) is 0.592. The highest BCUT2D eigenvalue weighted by molar-refractivity contribution is 6.42. The zero-order valence-corrected chi connectivity index (χ0v) is 19.4. The fourth-order valence-electron chi connectivity index (χ4n) is 4.23. The lowest BCUT2D eigenvalue weighted by molar-refractivity contribution is -0.137. The molecule has 2 aromatic carbocycles. The van der Waals surface area contributed by atoms with Crippen LogP contribution in [0.3, 0.4) is 0 Å². The fourth-order valence-corrected chi connectivity index (χ4v) is 4.55. The van der Waals surface area contributed by atoms with Crippen LogP contribution < -0.4 is 14.2 Å². The van der Waals surface area contributed by atoms with Crippen molar-refractivity contribution in [3.8, 4) is 17.2 Å². The molecule has 1 fully saturated rings. The largest absolute Gasteiger partial charge is 0.493 e. The minimum absolute atomic E-state index is 0.0152. The van der Waals surface area contributed by atoms with Crippen molar-refractivity contribution in [2.45, 2.75) is 25.8 Å². The molecule has 1 aliphatic heterocycles. The average molecular weight is 468 g/mol. The number of benzene rings is 2. The first-order valence-electron chi connectivity index (χ1n) is 10.0. The fraction of sp³-hybridized carbons (Fsp3) is 0.435. The second-order valence-corrected chi connectivity index (χ2v) is 8.50. The van der Waals surface area contributed by atoms with Crippen LogP contribution in [0.2, 0.25) is 10.0 Å². The van der Waals surface area contributed by atoms with E-state index in [1.54, 1.807) is 33.5 Å². The van der Waals surface area contributed by atoms with Gasteiger partial charge in [-0.1, -0.05) is 29.3 Å². The molecule has 2 aromatic rings. The molecule has 0 saturated carbocycles. The van der Waals surface area contributed by atoms with Gasteiger partial charge in [0.1, 0.15) is 0 Å². The number of rotatable bonds is 9. The third-order valence-electron chi connectivity index (χ3n) is 5.82. The summed E-state index contributed by atoms with van der Waals surface area (Å²) in [5, 5.41) is 10.6. The molecular weight excluding hydrogens is 441 g/mol. The summed E-state index contributed by atoms with van der Waals surface area (Å²) in [7, 11) is 4.67. The van der Waals surface area contributed by atoms with E-state index in [4.69, 9.17) is 37.4 Å². The molecule has 3 rings (SSSR count). The number of methoxy groups -OCH3 is 3. The summed E-state index contributed by atoms with van der Waals surface area (Å²) in [6.45, 7) is 0.937. The Balaban J connectivity index is 1.85. The monoisotopic (exact) mass is 467 g/mol. The first-order chi connectivity index (χ1) is 14.9. The van der Waals surface area contributed by atoms with Crippen molar-refractivity contribution in [1.82, 2.24) is 4.90 Å². The van der Waals surface area contributed by atoms with Gasteiger partial charge in [-0.05, 0) is 54.7 Å². The van der Waals surface area contributed by atoms with E-state index in [1.165, 1.54) is 0 Å². The number of ether oxygens (including phenoxy) is 3. The zero-order chi connectivity index (χ0) is 22.6. The normalized spacial score (nSPS) is 18.4. The highest BCUT2D eigenvalue weighted by atomic mass is 35.5. The molecule has 1 atom stereocenters. The van der Waals surface area contributed by atoms with Crippen LogP contribution in [-0.4, -0.2) is 50.4 Å². The van der Waals surface area contributed by atoms with Gasteiger partial charge in [0.15, 0.2) is 11.5 Å². The first kappa shape index (κ1) is 23.5. The third kappa shape index (κ3) is 4.86. The van der Waals surface area contributed by atoms with Crippen LogP contribution in [0.15, 0.2) is 30.3 Å². The molecule has 31 heavy (non-hydrogen) atoms. The minimum atomic E-state index is -0.674. The molecule has 1 amide bonds. The van der Waals surface area contributed by atoms with Gasteiger partial charge in [0, 0.05) is 19.7 Å². The number of hydrogen-bond acceptors (Lipinski definition) is 5. The molecule has 0 radical (unpaired) electrons. The Hall–Kier alpha value is -2.15. The van der Waals surface area contributed by atoms with E-state index in [1.807, 2.05) is 23.1 Å². The van der Waals surface area contributed by atoms with Crippen LogP contribution >= 0.6 is 23.2 Å². The van der Waals surface area contributed by atoms with Crippen molar-refractivity contribution in [2.24, 2.45) is 5.41 Å². The number of nitrogens with zero attached hydrogens (tertiary/aromatic N) is 1. The number of likely N-dealkylation sites (tertiary alicyclic amines) is 1. The topological polar surface area (TPSA) is 68.2 Å². The maximum Gasteiger partial charge on any atom is 0.229 e. The number of hydrogen-bond donors (Lipinski definition) is 1. The predicted molar refractivity (Wildman–Crippen MR) is 120 cm³/mol. The van der Waals surface area contributed by atoms with Gasteiger partial charge in [-0.15, -0.1) is 0 Å². The molecule has 8 heteroatoms. The number of carbonyl (C=O) groups excluding carboxylic acids is 1. The van der Waals surface area contributed by atoms with Crippen molar-refractivity contribution in [3.63, 3.8) is 0 Å². The summed E-state index contributed by atoms with van der Waals surface area (Å²) in [5.74, 6) is 1.61. The highest BCUT2D eigenvalue weighted by Gasteiger charge is 2.46. The highest BCUT2D eigenvalue weighted by Crippen LogP contribution is 2.42. The van der Waals surface area contributed by atoms with Gasteiger partial charge in [-0.2, -0.15) is 0 Å². The van der Waals surface area contributed by atoms with E-state index in [0.29, 0.717) is 59.6 Å². The number of amides is 1. The van der Waals surface area contributed by atoms with E-state index in [0.717, 1.165) is 11.1 Å². The predicted octanol–water partition coefficient (Wildman–Crippen LogP) is 4.36.